The maximum Gasteiger partial charge on any atom is 0.223 e. The van der Waals surface area contributed by atoms with E-state index in [-0.39, 0.29) is 6.04 Å². The summed E-state index contributed by atoms with van der Waals surface area (Å²) in [4.78, 5) is 14.0. The van der Waals surface area contributed by atoms with Gasteiger partial charge in [0, 0.05) is 24.9 Å². The number of nitrogens with zero attached hydrogens (tertiary/aromatic N) is 1. The predicted octanol–water partition coefficient (Wildman–Crippen LogP) is 3.43. The van der Waals surface area contributed by atoms with E-state index in [1.165, 1.54) is 32.1 Å². The molecule has 94 valence electrons. The lowest BCUT2D eigenvalue weighted by molar-refractivity contribution is -0.133. The second kappa shape index (κ2) is 7.16. The van der Waals surface area contributed by atoms with Crippen LogP contribution in [0, 0.1) is 5.92 Å². The molecule has 0 bridgehead atoms. The van der Waals surface area contributed by atoms with Crippen LogP contribution in [0.3, 0.4) is 0 Å². The van der Waals surface area contributed by atoms with E-state index in [0.717, 1.165) is 6.42 Å². The zero-order valence-electron chi connectivity index (χ0n) is 10.5. The summed E-state index contributed by atoms with van der Waals surface area (Å²) >= 11 is 5.73. The van der Waals surface area contributed by atoms with E-state index in [2.05, 4.69) is 13.8 Å². The number of carbonyl (C=O) groups excluding carboxylic acids is 1. The summed E-state index contributed by atoms with van der Waals surface area (Å²) in [5, 5.41) is 0. The van der Waals surface area contributed by atoms with Crippen molar-refractivity contribution in [1.29, 1.82) is 0 Å². The number of hydrogen-bond donors (Lipinski definition) is 0. The van der Waals surface area contributed by atoms with Crippen LogP contribution >= 0.6 is 11.6 Å². The molecule has 0 unspecified atom stereocenters. The highest BCUT2D eigenvalue weighted by Crippen LogP contribution is 2.27. The number of halogens is 1. The molecule has 2 nitrogen and oxygen atoms in total. The fourth-order valence-electron chi connectivity index (χ4n) is 2.52. The summed E-state index contributed by atoms with van der Waals surface area (Å²) in [7, 11) is 0. The predicted molar refractivity (Wildman–Crippen MR) is 68.8 cm³/mol. The third-order valence-corrected chi connectivity index (χ3v) is 3.63. The maximum absolute atomic E-state index is 12.1. The molecule has 0 aromatic rings. The molecule has 0 aromatic carbocycles. The third-order valence-electron chi connectivity index (χ3n) is 3.46. The lowest BCUT2D eigenvalue weighted by atomic mass is 9.86. The smallest absolute Gasteiger partial charge is 0.223 e. The van der Waals surface area contributed by atoms with Gasteiger partial charge in [-0.1, -0.05) is 19.3 Å². The van der Waals surface area contributed by atoms with Gasteiger partial charge in [-0.25, -0.2) is 0 Å². The van der Waals surface area contributed by atoms with Gasteiger partial charge in [0.1, 0.15) is 0 Å². The zero-order valence-corrected chi connectivity index (χ0v) is 11.3. The van der Waals surface area contributed by atoms with Crippen LogP contribution in [0.15, 0.2) is 0 Å². The standard InChI is InChI=1S/C13H24ClNO/c1-11(2)15(9-8-14)13(16)10-12-6-4-3-5-7-12/h11-12H,3-10H2,1-2H3. The average Bonchev–Trinajstić information content (AvgIpc) is 2.26. The molecule has 0 heterocycles. The fourth-order valence-corrected chi connectivity index (χ4v) is 2.70. The Morgan fingerprint density at radius 1 is 1.31 bits per heavy atom. The summed E-state index contributed by atoms with van der Waals surface area (Å²) in [5.41, 5.74) is 0. The van der Waals surface area contributed by atoms with Crippen molar-refractivity contribution in [3.05, 3.63) is 0 Å². The van der Waals surface area contributed by atoms with Gasteiger partial charge in [0.15, 0.2) is 0 Å². The second-order valence-corrected chi connectivity index (χ2v) is 5.46. The Hall–Kier alpha value is -0.240. The van der Waals surface area contributed by atoms with Crippen molar-refractivity contribution in [2.45, 2.75) is 58.4 Å². The molecule has 1 fully saturated rings. The quantitative estimate of drug-likeness (QED) is 0.680. The normalized spacial score (nSPS) is 17.8. The third kappa shape index (κ3) is 4.32. The molecule has 1 saturated carbocycles. The van der Waals surface area contributed by atoms with Crippen molar-refractivity contribution in [2.24, 2.45) is 5.92 Å². The molecule has 0 spiro atoms. The van der Waals surface area contributed by atoms with E-state index in [0.29, 0.717) is 24.2 Å². The average molecular weight is 246 g/mol. The topological polar surface area (TPSA) is 20.3 Å². The molecule has 0 aromatic heterocycles. The molecule has 1 aliphatic carbocycles. The lowest BCUT2D eigenvalue weighted by Crippen LogP contribution is -2.39. The van der Waals surface area contributed by atoms with Crippen LogP contribution in [0.4, 0.5) is 0 Å². The minimum atomic E-state index is 0.273. The number of carbonyl (C=O) groups is 1. The molecule has 0 saturated heterocycles. The minimum absolute atomic E-state index is 0.273. The number of hydrogen-bond acceptors (Lipinski definition) is 1. The van der Waals surface area contributed by atoms with Gasteiger partial charge in [-0.15, -0.1) is 11.6 Å². The van der Waals surface area contributed by atoms with Crippen LogP contribution in [0.1, 0.15) is 52.4 Å². The monoisotopic (exact) mass is 245 g/mol. The lowest BCUT2D eigenvalue weighted by Gasteiger charge is -2.29. The molecule has 3 heteroatoms. The molecule has 0 aliphatic heterocycles. The second-order valence-electron chi connectivity index (χ2n) is 5.08. The van der Waals surface area contributed by atoms with E-state index < -0.39 is 0 Å². The van der Waals surface area contributed by atoms with Gasteiger partial charge in [0.2, 0.25) is 5.91 Å². The Morgan fingerprint density at radius 3 is 2.44 bits per heavy atom. The van der Waals surface area contributed by atoms with Gasteiger partial charge in [-0.2, -0.15) is 0 Å². The van der Waals surface area contributed by atoms with Crippen LogP contribution < -0.4 is 0 Å². The zero-order chi connectivity index (χ0) is 12.0. The Balaban J connectivity index is 2.40. The molecule has 0 N–H and O–H groups in total. The summed E-state index contributed by atoms with van der Waals surface area (Å²) in [6.45, 7) is 4.81. The summed E-state index contributed by atoms with van der Waals surface area (Å²) in [6.07, 6.45) is 7.15. The largest absolute Gasteiger partial charge is 0.339 e. The van der Waals surface area contributed by atoms with Crippen molar-refractivity contribution in [2.75, 3.05) is 12.4 Å². The SMILES string of the molecule is CC(C)N(CCCl)C(=O)CC1CCCCC1. The van der Waals surface area contributed by atoms with Gasteiger partial charge < -0.3 is 4.90 Å². The number of alkyl halides is 1. The first-order valence-corrected chi connectivity index (χ1v) is 7.04. The van der Waals surface area contributed by atoms with Crippen molar-refractivity contribution >= 4 is 17.5 Å². The molecule has 0 radical (unpaired) electrons. The van der Waals surface area contributed by atoms with Crippen LogP contribution in [-0.2, 0) is 4.79 Å². The maximum atomic E-state index is 12.1. The Morgan fingerprint density at radius 2 is 1.94 bits per heavy atom. The molecule has 1 amide bonds. The first kappa shape index (κ1) is 13.8. The Bertz CT molecular complexity index is 212. The summed E-state index contributed by atoms with van der Waals surface area (Å²) in [6, 6.07) is 0.273. The van der Waals surface area contributed by atoms with Crippen molar-refractivity contribution in [3.8, 4) is 0 Å². The van der Waals surface area contributed by atoms with Crippen molar-refractivity contribution < 1.29 is 4.79 Å². The van der Waals surface area contributed by atoms with Gasteiger partial charge in [-0.05, 0) is 32.6 Å². The van der Waals surface area contributed by atoms with Crippen LogP contribution in [0.5, 0.6) is 0 Å². The summed E-state index contributed by atoms with van der Waals surface area (Å²) < 4.78 is 0. The molecule has 1 rings (SSSR count). The van der Waals surface area contributed by atoms with E-state index in [4.69, 9.17) is 11.6 Å². The molecule has 1 aliphatic rings. The molecular weight excluding hydrogens is 222 g/mol. The molecular formula is C13H24ClNO. The highest BCUT2D eigenvalue weighted by Gasteiger charge is 2.22. The van der Waals surface area contributed by atoms with E-state index >= 15 is 0 Å². The Labute approximate surface area is 104 Å². The first-order valence-electron chi connectivity index (χ1n) is 6.50. The van der Waals surface area contributed by atoms with Gasteiger partial charge in [-0.3, -0.25) is 4.79 Å². The summed E-state index contributed by atoms with van der Waals surface area (Å²) in [5.74, 6) is 1.45. The minimum Gasteiger partial charge on any atom is -0.339 e. The van der Waals surface area contributed by atoms with Crippen LogP contribution in [0.2, 0.25) is 0 Å². The highest BCUT2D eigenvalue weighted by molar-refractivity contribution is 6.18. The van der Waals surface area contributed by atoms with Crippen molar-refractivity contribution in [1.82, 2.24) is 4.90 Å². The molecule has 16 heavy (non-hydrogen) atoms. The molecule has 0 atom stereocenters. The fraction of sp³-hybridized carbons (Fsp3) is 0.923. The van der Waals surface area contributed by atoms with Crippen molar-refractivity contribution in [3.63, 3.8) is 0 Å². The highest BCUT2D eigenvalue weighted by atomic mass is 35.5. The first-order chi connectivity index (χ1) is 7.65. The van der Waals surface area contributed by atoms with E-state index in [9.17, 15) is 4.79 Å². The van der Waals surface area contributed by atoms with E-state index in [1.807, 2.05) is 4.90 Å². The van der Waals surface area contributed by atoms with Gasteiger partial charge in [0.25, 0.3) is 0 Å². The number of rotatable bonds is 5. The number of amides is 1. The van der Waals surface area contributed by atoms with Gasteiger partial charge >= 0.3 is 0 Å². The van der Waals surface area contributed by atoms with E-state index in [1.54, 1.807) is 0 Å². The van der Waals surface area contributed by atoms with Crippen LogP contribution in [-0.4, -0.2) is 29.3 Å². The van der Waals surface area contributed by atoms with Gasteiger partial charge in [0.05, 0.1) is 0 Å². The Kier molecular flexibility index (Phi) is 6.18. The van der Waals surface area contributed by atoms with Crippen LogP contribution in [0.25, 0.3) is 0 Å².